The first-order chi connectivity index (χ1) is 9.65. The van der Waals surface area contributed by atoms with Gasteiger partial charge in [0.15, 0.2) is 0 Å². The van der Waals surface area contributed by atoms with Crippen LogP contribution in [0.5, 0.6) is 0 Å². The van der Waals surface area contributed by atoms with E-state index in [0.29, 0.717) is 6.42 Å². The zero-order valence-electron chi connectivity index (χ0n) is 11.9. The van der Waals surface area contributed by atoms with E-state index < -0.39 is 29.7 Å². The Labute approximate surface area is 121 Å². The van der Waals surface area contributed by atoms with Crippen molar-refractivity contribution < 1.29 is 22.7 Å². The van der Waals surface area contributed by atoms with Crippen LogP contribution in [0.4, 0.5) is 17.6 Å². The van der Waals surface area contributed by atoms with Crippen molar-refractivity contribution in [1.82, 2.24) is 5.32 Å². The molecule has 1 aromatic rings. The second-order valence-electron chi connectivity index (χ2n) is 5.18. The molecular formula is C14H20F4N2O. The molecule has 0 radical (unpaired) electrons. The van der Waals surface area contributed by atoms with Crippen LogP contribution in [-0.2, 0) is 6.18 Å². The van der Waals surface area contributed by atoms with Gasteiger partial charge >= 0.3 is 6.18 Å². The van der Waals surface area contributed by atoms with Crippen molar-refractivity contribution >= 4 is 0 Å². The van der Waals surface area contributed by atoms with E-state index >= 15 is 0 Å². The first kappa shape index (κ1) is 17.9. The minimum absolute atomic E-state index is 0.0626. The third-order valence-corrected chi connectivity index (χ3v) is 3.11. The average molecular weight is 308 g/mol. The van der Waals surface area contributed by atoms with Gasteiger partial charge in [-0.3, -0.25) is 0 Å². The van der Waals surface area contributed by atoms with E-state index in [2.05, 4.69) is 5.32 Å². The molecule has 0 aliphatic rings. The first-order valence-corrected chi connectivity index (χ1v) is 6.66. The standard InChI is InChI=1S/C14H20F4N2O/c1-8(5-9(2)21)20-13(7-19)10-3-4-12(15)11(6-10)14(16,17)18/h3-4,6,8-9,13,20-21H,5,7,19H2,1-2H3. The molecule has 0 heterocycles. The van der Waals surface area contributed by atoms with Crippen molar-refractivity contribution in [2.45, 2.75) is 44.6 Å². The summed E-state index contributed by atoms with van der Waals surface area (Å²) in [5, 5.41) is 12.3. The minimum atomic E-state index is -4.75. The lowest BCUT2D eigenvalue weighted by Crippen LogP contribution is -2.36. The Kier molecular flexibility index (Phi) is 6.12. The lowest BCUT2D eigenvalue weighted by Gasteiger charge is -2.24. The Hall–Kier alpha value is -1.18. The van der Waals surface area contributed by atoms with Gasteiger partial charge in [-0.1, -0.05) is 6.07 Å². The highest BCUT2D eigenvalue weighted by molar-refractivity contribution is 5.29. The smallest absolute Gasteiger partial charge is 0.393 e. The van der Waals surface area contributed by atoms with Crippen molar-refractivity contribution in [2.24, 2.45) is 5.73 Å². The van der Waals surface area contributed by atoms with Crippen LogP contribution in [0.2, 0.25) is 0 Å². The molecular weight excluding hydrogens is 288 g/mol. The zero-order valence-corrected chi connectivity index (χ0v) is 11.9. The van der Waals surface area contributed by atoms with Crippen molar-refractivity contribution in [3.05, 3.63) is 35.1 Å². The van der Waals surface area contributed by atoms with Gasteiger partial charge in [-0.05, 0) is 38.0 Å². The van der Waals surface area contributed by atoms with Crippen molar-refractivity contribution in [2.75, 3.05) is 6.54 Å². The summed E-state index contributed by atoms with van der Waals surface area (Å²) in [6.45, 7) is 3.48. The van der Waals surface area contributed by atoms with Gasteiger partial charge in [-0.25, -0.2) is 4.39 Å². The molecule has 0 amide bonds. The molecule has 0 aliphatic carbocycles. The summed E-state index contributed by atoms with van der Waals surface area (Å²) in [4.78, 5) is 0. The second kappa shape index (κ2) is 7.20. The van der Waals surface area contributed by atoms with Crippen LogP contribution in [0.15, 0.2) is 18.2 Å². The molecule has 0 saturated carbocycles. The Morgan fingerprint density at radius 1 is 1.29 bits per heavy atom. The fraction of sp³-hybridized carbons (Fsp3) is 0.571. The average Bonchev–Trinajstić information content (AvgIpc) is 2.34. The Morgan fingerprint density at radius 2 is 1.90 bits per heavy atom. The fourth-order valence-electron chi connectivity index (χ4n) is 2.20. The maximum Gasteiger partial charge on any atom is 0.419 e. The molecule has 3 nitrogen and oxygen atoms in total. The van der Waals surface area contributed by atoms with Crippen molar-refractivity contribution in [3.63, 3.8) is 0 Å². The van der Waals surface area contributed by atoms with Crippen molar-refractivity contribution in [3.8, 4) is 0 Å². The number of benzene rings is 1. The lowest BCUT2D eigenvalue weighted by atomic mass is 10.0. The molecule has 21 heavy (non-hydrogen) atoms. The van der Waals surface area contributed by atoms with Crippen LogP contribution in [-0.4, -0.2) is 23.8 Å². The second-order valence-corrected chi connectivity index (χ2v) is 5.18. The zero-order chi connectivity index (χ0) is 16.2. The van der Waals surface area contributed by atoms with Gasteiger partial charge in [0, 0.05) is 18.6 Å². The quantitative estimate of drug-likeness (QED) is 0.708. The normalized spacial score (nSPS) is 16.6. The number of rotatable bonds is 6. The predicted molar refractivity (Wildman–Crippen MR) is 72.1 cm³/mol. The molecule has 7 heteroatoms. The third-order valence-electron chi connectivity index (χ3n) is 3.11. The van der Waals surface area contributed by atoms with E-state index in [1.54, 1.807) is 13.8 Å². The van der Waals surface area contributed by atoms with Gasteiger partial charge in [0.1, 0.15) is 5.82 Å². The number of hydrogen-bond donors (Lipinski definition) is 3. The summed E-state index contributed by atoms with van der Waals surface area (Å²) >= 11 is 0. The molecule has 4 N–H and O–H groups in total. The summed E-state index contributed by atoms with van der Waals surface area (Å²) < 4.78 is 51.4. The molecule has 0 aliphatic heterocycles. The van der Waals surface area contributed by atoms with Gasteiger partial charge < -0.3 is 16.2 Å². The van der Waals surface area contributed by atoms with E-state index in [1.165, 1.54) is 6.07 Å². The Bertz CT molecular complexity index is 463. The summed E-state index contributed by atoms with van der Waals surface area (Å²) in [7, 11) is 0. The Morgan fingerprint density at radius 3 is 2.38 bits per heavy atom. The predicted octanol–water partition coefficient (Wildman–Crippen LogP) is 2.59. The highest BCUT2D eigenvalue weighted by atomic mass is 19.4. The summed E-state index contributed by atoms with van der Waals surface area (Å²) in [5.41, 5.74) is 4.55. The largest absolute Gasteiger partial charge is 0.419 e. The van der Waals surface area contributed by atoms with Crippen LogP contribution in [0.25, 0.3) is 0 Å². The topological polar surface area (TPSA) is 58.3 Å². The molecule has 0 spiro atoms. The maximum absolute atomic E-state index is 13.3. The highest BCUT2D eigenvalue weighted by Crippen LogP contribution is 2.33. The van der Waals surface area contributed by atoms with Crippen molar-refractivity contribution in [1.29, 1.82) is 0 Å². The van der Waals surface area contributed by atoms with E-state index in [4.69, 9.17) is 5.73 Å². The van der Waals surface area contributed by atoms with E-state index in [-0.39, 0.29) is 18.2 Å². The first-order valence-electron chi connectivity index (χ1n) is 6.66. The fourth-order valence-corrected chi connectivity index (χ4v) is 2.20. The molecule has 0 saturated heterocycles. The van der Waals surface area contributed by atoms with Crippen LogP contribution >= 0.6 is 0 Å². The van der Waals surface area contributed by atoms with Gasteiger partial charge in [0.25, 0.3) is 0 Å². The van der Waals surface area contributed by atoms with E-state index in [9.17, 15) is 22.7 Å². The van der Waals surface area contributed by atoms with Gasteiger partial charge in [-0.2, -0.15) is 13.2 Å². The molecule has 1 aromatic carbocycles. The number of halogens is 4. The van der Waals surface area contributed by atoms with E-state index in [1.807, 2.05) is 0 Å². The minimum Gasteiger partial charge on any atom is -0.393 e. The lowest BCUT2D eigenvalue weighted by molar-refractivity contribution is -0.140. The number of aliphatic hydroxyl groups excluding tert-OH is 1. The summed E-state index contributed by atoms with van der Waals surface area (Å²) in [5.74, 6) is -1.31. The molecule has 0 aromatic heterocycles. The summed E-state index contributed by atoms with van der Waals surface area (Å²) in [6.07, 6.45) is -4.85. The third kappa shape index (κ3) is 5.26. The summed E-state index contributed by atoms with van der Waals surface area (Å²) in [6, 6.07) is 2.17. The van der Waals surface area contributed by atoms with Gasteiger partial charge in [0.05, 0.1) is 11.7 Å². The van der Waals surface area contributed by atoms with Gasteiger partial charge in [-0.15, -0.1) is 0 Å². The number of hydrogen-bond acceptors (Lipinski definition) is 3. The number of aliphatic hydroxyl groups is 1. The monoisotopic (exact) mass is 308 g/mol. The van der Waals surface area contributed by atoms with Gasteiger partial charge in [0.2, 0.25) is 0 Å². The SMILES string of the molecule is CC(O)CC(C)NC(CN)c1ccc(F)c(C(F)(F)F)c1. The van der Waals surface area contributed by atoms with Crippen LogP contribution in [0.1, 0.15) is 37.4 Å². The molecule has 3 unspecified atom stereocenters. The Balaban J connectivity index is 2.96. The van der Waals surface area contributed by atoms with Crippen LogP contribution < -0.4 is 11.1 Å². The maximum atomic E-state index is 13.3. The van der Waals surface area contributed by atoms with E-state index in [0.717, 1.165) is 12.1 Å². The molecule has 0 fully saturated rings. The molecule has 1 rings (SSSR count). The number of nitrogens with one attached hydrogen (secondary N) is 1. The molecule has 3 atom stereocenters. The number of nitrogens with two attached hydrogens (primary N) is 1. The molecule has 120 valence electrons. The van der Waals surface area contributed by atoms with Crippen LogP contribution in [0, 0.1) is 5.82 Å². The highest BCUT2D eigenvalue weighted by Gasteiger charge is 2.34. The number of alkyl halides is 3. The molecule has 0 bridgehead atoms. The van der Waals surface area contributed by atoms with Crippen LogP contribution in [0.3, 0.4) is 0 Å².